The first-order valence-corrected chi connectivity index (χ1v) is 10.1. The summed E-state index contributed by atoms with van der Waals surface area (Å²) in [5, 5.41) is 2.54. The molecule has 1 N–H and O–H groups in total. The van der Waals surface area contributed by atoms with E-state index in [2.05, 4.69) is 5.32 Å². The lowest BCUT2D eigenvalue weighted by molar-refractivity contribution is -0.146. The van der Waals surface area contributed by atoms with E-state index in [-0.39, 0.29) is 22.2 Å². The SMILES string of the molecule is C[C@]1(NC(=O)COC(=O)CSc2cc(F)ccc2F)CCS(=O)(=O)C1. The van der Waals surface area contributed by atoms with Gasteiger partial charge in [-0.1, -0.05) is 0 Å². The summed E-state index contributed by atoms with van der Waals surface area (Å²) in [7, 11) is -3.17. The molecule has 0 aliphatic carbocycles. The number of sulfone groups is 1. The molecule has 0 saturated carbocycles. The van der Waals surface area contributed by atoms with Crippen LogP contribution in [0.2, 0.25) is 0 Å². The summed E-state index contributed by atoms with van der Waals surface area (Å²) >= 11 is 0.752. The van der Waals surface area contributed by atoms with E-state index in [0.717, 1.165) is 30.0 Å². The standard InChI is InChI=1S/C15H17F2NO5S2/c1-15(4-5-25(21,22)9-15)18-13(19)7-23-14(20)8-24-12-6-10(16)2-3-11(12)17/h2-3,6H,4-5,7-9H2,1H3,(H,18,19)/t15-/m0/s1. The monoisotopic (exact) mass is 393 g/mol. The summed E-state index contributed by atoms with van der Waals surface area (Å²) in [5.41, 5.74) is -0.873. The number of halogens is 2. The number of carbonyl (C=O) groups is 2. The topological polar surface area (TPSA) is 89.5 Å². The average molecular weight is 393 g/mol. The Morgan fingerprint density at radius 3 is 2.72 bits per heavy atom. The number of thioether (sulfide) groups is 1. The zero-order chi connectivity index (χ0) is 18.7. The lowest BCUT2D eigenvalue weighted by atomic mass is 10.0. The second-order valence-electron chi connectivity index (χ2n) is 5.97. The minimum atomic E-state index is -3.17. The highest BCUT2D eigenvalue weighted by Gasteiger charge is 2.39. The number of esters is 1. The molecule has 1 heterocycles. The molecule has 1 amide bonds. The molecule has 1 aliphatic heterocycles. The number of benzene rings is 1. The number of ether oxygens (including phenoxy) is 1. The third-order valence-electron chi connectivity index (χ3n) is 3.55. The molecule has 0 radical (unpaired) electrons. The van der Waals surface area contributed by atoms with Crippen molar-refractivity contribution in [3.05, 3.63) is 29.8 Å². The van der Waals surface area contributed by atoms with E-state index >= 15 is 0 Å². The van der Waals surface area contributed by atoms with Gasteiger partial charge in [0, 0.05) is 4.90 Å². The lowest BCUT2D eigenvalue weighted by Gasteiger charge is -2.23. The van der Waals surface area contributed by atoms with Crippen molar-refractivity contribution in [1.82, 2.24) is 5.32 Å². The van der Waals surface area contributed by atoms with Crippen LogP contribution >= 0.6 is 11.8 Å². The Balaban J connectivity index is 1.76. The maximum atomic E-state index is 13.4. The fourth-order valence-corrected chi connectivity index (χ4v) is 5.25. The molecule has 1 aliphatic rings. The summed E-state index contributed by atoms with van der Waals surface area (Å²) in [4.78, 5) is 23.4. The second-order valence-corrected chi connectivity index (χ2v) is 9.18. The fraction of sp³-hybridized carbons (Fsp3) is 0.467. The Labute approximate surface area is 148 Å². The lowest BCUT2D eigenvalue weighted by Crippen LogP contribution is -2.48. The van der Waals surface area contributed by atoms with Crippen LogP contribution in [0.25, 0.3) is 0 Å². The van der Waals surface area contributed by atoms with Crippen molar-refractivity contribution in [3.63, 3.8) is 0 Å². The number of amides is 1. The first kappa shape index (κ1) is 19.6. The molecule has 0 aromatic heterocycles. The van der Waals surface area contributed by atoms with Crippen molar-refractivity contribution in [2.45, 2.75) is 23.8 Å². The summed E-state index contributed by atoms with van der Waals surface area (Å²) in [5.74, 6) is -3.13. The number of carbonyl (C=O) groups excluding carboxylic acids is 2. The Morgan fingerprint density at radius 1 is 1.36 bits per heavy atom. The van der Waals surface area contributed by atoms with E-state index in [0.29, 0.717) is 6.42 Å². The van der Waals surface area contributed by atoms with Gasteiger partial charge < -0.3 is 10.1 Å². The molecular weight excluding hydrogens is 376 g/mol. The Hall–Kier alpha value is -1.68. The van der Waals surface area contributed by atoms with Crippen molar-refractivity contribution < 1.29 is 31.5 Å². The Bertz CT molecular complexity index is 784. The van der Waals surface area contributed by atoms with Crippen LogP contribution in [-0.2, 0) is 24.2 Å². The largest absolute Gasteiger partial charge is 0.455 e. The zero-order valence-corrected chi connectivity index (χ0v) is 15.0. The van der Waals surface area contributed by atoms with E-state index in [4.69, 9.17) is 4.74 Å². The minimum absolute atomic E-state index is 0.000588. The van der Waals surface area contributed by atoms with Gasteiger partial charge in [-0.25, -0.2) is 17.2 Å². The number of nitrogens with one attached hydrogen (secondary N) is 1. The van der Waals surface area contributed by atoms with Crippen LogP contribution in [0.4, 0.5) is 8.78 Å². The number of hydrogen-bond acceptors (Lipinski definition) is 6. The highest BCUT2D eigenvalue weighted by atomic mass is 32.2. The molecule has 0 bridgehead atoms. The van der Waals surface area contributed by atoms with Crippen LogP contribution in [-0.4, -0.2) is 49.7 Å². The highest BCUT2D eigenvalue weighted by molar-refractivity contribution is 8.00. The van der Waals surface area contributed by atoms with Crippen LogP contribution in [0.5, 0.6) is 0 Å². The molecule has 0 unspecified atom stereocenters. The normalized spacial score (nSPS) is 21.7. The Kier molecular flexibility index (Phi) is 6.04. The van der Waals surface area contributed by atoms with Gasteiger partial charge in [-0.3, -0.25) is 9.59 Å². The maximum absolute atomic E-state index is 13.4. The molecule has 25 heavy (non-hydrogen) atoms. The molecule has 1 aromatic rings. The van der Waals surface area contributed by atoms with E-state index in [9.17, 15) is 26.8 Å². The molecule has 10 heteroatoms. The Morgan fingerprint density at radius 2 is 2.08 bits per heavy atom. The van der Waals surface area contributed by atoms with Gasteiger partial charge >= 0.3 is 5.97 Å². The third kappa shape index (κ3) is 5.96. The predicted molar refractivity (Wildman–Crippen MR) is 87.9 cm³/mol. The first-order valence-electron chi connectivity index (χ1n) is 7.33. The van der Waals surface area contributed by atoms with Crippen molar-refractivity contribution in [2.75, 3.05) is 23.9 Å². The molecule has 1 saturated heterocycles. The molecule has 1 fully saturated rings. The van der Waals surface area contributed by atoms with Crippen LogP contribution in [0.3, 0.4) is 0 Å². The minimum Gasteiger partial charge on any atom is -0.455 e. The van der Waals surface area contributed by atoms with E-state index in [1.54, 1.807) is 6.92 Å². The quantitative estimate of drug-likeness (QED) is 0.579. The van der Waals surface area contributed by atoms with Gasteiger partial charge in [-0.05, 0) is 31.5 Å². The van der Waals surface area contributed by atoms with Gasteiger partial charge in [-0.15, -0.1) is 11.8 Å². The van der Waals surface area contributed by atoms with Crippen molar-refractivity contribution in [2.24, 2.45) is 0 Å². The van der Waals surface area contributed by atoms with Crippen LogP contribution in [0, 0.1) is 11.6 Å². The third-order valence-corrected chi connectivity index (χ3v) is 6.45. The molecule has 138 valence electrons. The van der Waals surface area contributed by atoms with Gasteiger partial charge in [-0.2, -0.15) is 0 Å². The molecule has 2 rings (SSSR count). The molecule has 1 aromatic carbocycles. The van der Waals surface area contributed by atoms with Gasteiger partial charge in [0.15, 0.2) is 16.4 Å². The van der Waals surface area contributed by atoms with E-state index < -0.39 is 45.5 Å². The second kappa shape index (κ2) is 7.69. The average Bonchev–Trinajstić information content (AvgIpc) is 2.79. The van der Waals surface area contributed by atoms with Crippen molar-refractivity contribution in [1.29, 1.82) is 0 Å². The first-order chi connectivity index (χ1) is 11.6. The predicted octanol–water partition coefficient (Wildman–Crippen LogP) is 1.29. The number of rotatable bonds is 6. The highest BCUT2D eigenvalue weighted by Crippen LogP contribution is 2.23. The smallest absolute Gasteiger partial charge is 0.316 e. The van der Waals surface area contributed by atoms with E-state index in [1.807, 2.05) is 0 Å². The zero-order valence-electron chi connectivity index (χ0n) is 13.4. The van der Waals surface area contributed by atoms with Gasteiger partial charge in [0.25, 0.3) is 5.91 Å². The molecule has 1 atom stereocenters. The molecule has 6 nitrogen and oxygen atoms in total. The summed E-state index contributed by atoms with van der Waals surface area (Å²) in [6, 6.07) is 2.88. The molecule has 0 spiro atoms. The van der Waals surface area contributed by atoms with E-state index in [1.165, 1.54) is 0 Å². The van der Waals surface area contributed by atoms with Crippen molar-refractivity contribution in [3.8, 4) is 0 Å². The summed E-state index contributed by atoms with van der Waals surface area (Å²) < 4.78 is 54.1. The van der Waals surface area contributed by atoms with Crippen LogP contribution < -0.4 is 5.32 Å². The molecular formula is C15H17F2NO5S2. The van der Waals surface area contributed by atoms with Crippen LogP contribution in [0.1, 0.15) is 13.3 Å². The van der Waals surface area contributed by atoms with Crippen molar-refractivity contribution >= 4 is 33.5 Å². The summed E-state index contributed by atoms with van der Waals surface area (Å²) in [6.45, 7) is 1.04. The maximum Gasteiger partial charge on any atom is 0.316 e. The fourth-order valence-electron chi connectivity index (χ4n) is 2.39. The summed E-state index contributed by atoms with van der Waals surface area (Å²) in [6.07, 6.45) is 0.295. The van der Waals surface area contributed by atoms with Crippen LogP contribution in [0.15, 0.2) is 23.1 Å². The van der Waals surface area contributed by atoms with Gasteiger partial charge in [0.1, 0.15) is 11.6 Å². The van der Waals surface area contributed by atoms with Gasteiger partial charge in [0.05, 0.1) is 22.8 Å². The van der Waals surface area contributed by atoms with Gasteiger partial charge in [0.2, 0.25) is 0 Å². The number of hydrogen-bond donors (Lipinski definition) is 1.